The number of nitrogens with zero attached hydrogens (tertiary/aromatic N) is 1. The SMILES string of the molecule is Cc1ncoc1C(=O)NC1CCCCCC1N. The molecule has 0 bridgehead atoms. The van der Waals surface area contributed by atoms with E-state index in [-0.39, 0.29) is 18.0 Å². The zero-order valence-corrected chi connectivity index (χ0v) is 10.1. The minimum atomic E-state index is -0.206. The smallest absolute Gasteiger partial charge is 0.289 e. The van der Waals surface area contributed by atoms with Gasteiger partial charge in [0.15, 0.2) is 6.39 Å². The van der Waals surface area contributed by atoms with E-state index in [1.54, 1.807) is 6.92 Å². The Balaban J connectivity index is 2.00. The van der Waals surface area contributed by atoms with E-state index in [1.807, 2.05) is 0 Å². The quantitative estimate of drug-likeness (QED) is 0.761. The number of hydrogen-bond acceptors (Lipinski definition) is 4. The molecule has 1 aliphatic carbocycles. The van der Waals surface area contributed by atoms with Gasteiger partial charge in [-0.1, -0.05) is 19.3 Å². The Morgan fingerprint density at radius 3 is 2.94 bits per heavy atom. The number of aryl methyl sites for hydroxylation is 1. The third-order valence-electron chi connectivity index (χ3n) is 3.34. The van der Waals surface area contributed by atoms with Gasteiger partial charge in [-0.3, -0.25) is 4.79 Å². The summed E-state index contributed by atoms with van der Waals surface area (Å²) in [6, 6.07) is 0.0965. The Morgan fingerprint density at radius 1 is 1.47 bits per heavy atom. The Bertz CT molecular complexity index is 389. The number of hydrogen-bond donors (Lipinski definition) is 2. The molecule has 5 nitrogen and oxygen atoms in total. The largest absolute Gasteiger partial charge is 0.438 e. The van der Waals surface area contributed by atoms with Gasteiger partial charge in [0, 0.05) is 12.1 Å². The van der Waals surface area contributed by atoms with Gasteiger partial charge in [-0.15, -0.1) is 0 Å². The van der Waals surface area contributed by atoms with Crippen LogP contribution in [0.5, 0.6) is 0 Å². The first kappa shape index (κ1) is 12.1. The van der Waals surface area contributed by atoms with E-state index in [0.717, 1.165) is 25.7 Å². The van der Waals surface area contributed by atoms with Crippen molar-refractivity contribution in [2.45, 2.75) is 51.1 Å². The molecular weight excluding hydrogens is 218 g/mol. The molecule has 3 N–H and O–H groups in total. The van der Waals surface area contributed by atoms with Gasteiger partial charge in [-0.25, -0.2) is 4.98 Å². The highest BCUT2D eigenvalue weighted by atomic mass is 16.3. The molecule has 1 amide bonds. The molecule has 0 aromatic carbocycles. The zero-order valence-electron chi connectivity index (χ0n) is 10.1. The van der Waals surface area contributed by atoms with Crippen LogP contribution in [-0.4, -0.2) is 23.0 Å². The predicted molar refractivity (Wildman–Crippen MR) is 63.6 cm³/mol. The van der Waals surface area contributed by atoms with E-state index in [1.165, 1.54) is 12.8 Å². The monoisotopic (exact) mass is 237 g/mol. The molecular formula is C12H19N3O2. The summed E-state index contributed by atoms with van der Waals surface area (Å²) in [6.45, 7) is 1.76. The van der Waals surface area contributed by atoms with E-state index in [0.29, 0.717) is 11.5 Å². The third kappa shape index (κ3) is 2.85. The molecule has 17 heavy (non-hydrogen) atoms. The van der Waals surface area contributed by atoms with Gasteiger partial charge in [0.05, 0.1) is 5.69 Å². The molecule has 2 rings (SSSR count). The zero-order chi connectivity index (χ0) is 12.3. The van der Waals surface area contributed by atoms with Crippen LogP contribution in [-0.2, 0) is 0 Å². The summed E-state index contributed by atoms with van der Waals surface area (Å²) in [5, 5.41) is 2.95. The molecule has 1 aliphatic rings. The highest BCUT2D eigenvalue weighted by Gasteiger charge is 2.24. The molecule has 1 heterocycles. The minimum Gasteiger partial charge on any atom is -0.438 e. The number of rotatable bonds is 2. The van der Waals surface area contributed by atoms with Crippen molar-refractivity contribution in [2.75, 3.05) is 0 Å². The fourth-order valence-corrected chi connectivity index (χ4v) is 2.27. The van der Waals surface area contributed by atoms with E-state index < -0.39 is 0 Å². The van der Waals surface area contributed by atoms with Crippen LogP contribution in [0.4, 0.5) is 0 Å². The fourth-order valence-electron chi connectivity index (χ4n) is 2.27. The lowest BCUT2D eigenvalue weighted by atomic mass is 10.0. The standard InChI is InChI=1S/C12H19N3O2/c1-8-11(17-7-14-8)12(16)15-10-6-4-2-3-5-9(10)13/h7,9-10H,2-6,13H2,1H3,(H,15,16). The van der Waals surface area contributed by atoms with Crippen LogP contribution in [0.3, 0.4) is 0 Å². The average Bonchev–Trinajstić information content (AvgIpc) is 2.63. The van der Waals surface area contributed by atoms with Gasteiger partial charge < -0.3 is 15.5 Å². The lowest BCUT2D eigenvalue weighted by Crippen LogP contribution is -2.47. The number of oxazole rings is 1. The summed E-state index contributed by atoms with van der Waals surface area (Å²) >= 11 is 0. The summed E-state index contributed by atoms with van der Waals surface area (Å²) in [5.74, 6) is 0.0868. The van der Waals surface area contributed by atoms with Crippen molar-refractivity contribution >= 4 is 5.91 Å². The molecule has 0 spiro atoms. The molecule has 2 unspecified atom stereocenters. The second-order valence-corrected chi connectivity index (χ2v) is 4.65. The van der Waals surface area contributed by atoms with Crippen LogP contribution >= 0.6 is 0 Å². The average molecular weight is 237 g/mol. The number of aromatic nitrogens is 1. The molecule has 1 saturated carbocycles. The number of nitrogens with two attached hydrogens (primary N) is 1. The van der Waals surface area contributed by atoms with E-state index in [4.69, 9.17) is 10.2 Å². The summed E-state index contributed by atoms with van der Waals surface area (Å²) in [6.07, 6.45) is 6.67. The molecule has 1 aromatic heterocycles. The number of amides is 1. The Morgan fingerprint density at radius 2 is 2.24 bits per heavy atom. The van der Waals surface area contributed by atoms with Crippen molar-refractivity contribution in [3.8, 4) is 0 Å². The van der Waals surface area contributed by atoms with Crippen LogP contribution in [0.15, 0.2) is 10.8 Å². The molecule has 1 aromatic rings. The van der Waals surface area contributed by atoms with Crippen LogP contribution in [0.1, 0.15) is 48.4 Å². The Labute approximate surface area is 101 Å². The van der Waals surface area contributed by atoms with Gasteiger partial charge >= 0.3 is 0 Å². The van der Waals surface area contributed by atoms with E-state index in [9.17, 15) is 4.79 Å². The predicted octanol–water partition coefficient (Wildman–Crippen LogP) is 1.37. The lowest BCUT2D eigenvalue weighted by molar-refractivity contribution is 0.0900. The fraction of sp³-hybridized carbons (Fsp3) is 0.667. The Hall–Kier alpha value is -1.36. The third-order valence-corrected chi connectivity index (χ3v) is 3.34. The maximum Gasteiger partial charge on any atom is 0.289 e. The lowest BCUT2D eigenvalue weighted by Gasteiger charge is -2.22. The van der Waals surface area contributed by atoms with Crippen molar-refractivity contribution < 1.29 is 9.21 Å². The maximum atomic E-state index is 12.0. The normalized spacial score (nSPS) is 25.3. The van der Waals surface area contributed by atoms with Crippen molar-refractivity contribution in [1.82, 2.24) is 10.3 Å². The van der Waals surface area contributed by atoms with Crippen molar-refractivity contribution in [1.29, 1.82) is 0 Å². The van der Waals surface area contributed by atoms with Crippen LogP contribution in [0.25, 0.3) is 0 Å². The van der Waals surface area contributed by atoms with Gasteiger partial charge in [-0.05, 0) is 19.8 Å². The van der Waals surface area contributed by atoms with Crippen molar-refractivity contribution in [3.63, 3.8) is 0 Å². The first-order valence-corrected chi connectivity index (χ1v) is 6.15. The van der Waals surface area contributed by atoms with Gasteiger partial charge in [-0.2, -0.15) is 0 Å². The molecule has 0 saturated heterocycles. The highest BCUT2D eigenvalue weighted by Crippen LogP contribution is 2.17. The van der Waals surface area contributed by atoms with Gasteiger partial charge in [0.2, 0.25) is 5.76 Å². The molecule has 1 fully saturated rings. The number of nitrogens with one attached hydrogen (secondary N) is 1. The first-order valence-electron chi connectivity index (χ1n) is 6.15. The minimum absolute atomic E-state index is 0.0460. The summed E-state index contributed by atoms with van der Waals surface area (Å²) < 4.78 is 5.07. The second-order valence-electron chi connectivity index (χ2n) is 4.65. The summed E-state index contributed by atoms with van der Waals surface area (Å²) in [5.41, 5.74) is 6.67. The first-order chi connectivity index (χ1) is 8.18. The molecule has 94 valence electrons. The van der Waals surface area contributed by atoms with E-state index >= 15 is 0 Å². The molecule has 0 radical (unpaired) electrons. The molecule has 0 aliphatic heterocycles. The van der Waals surface area contributed by atoms with Gasteiger partial charge in [0.1, 0.15) is 0 Å². The van der Waals surface area contributed by atoms with Gasteiger partial charge in [0.25, 0.3) is 5.91 Å². The van der Waals surface area contributed by atoms with E-state index in [2.05, 4.69) is 10.3 Å². The number of carbonyl (C=O) groups is 1. The Kier molecular flexibility index (Phi) is 3.78. The second kappa shape index (κ2) is 5.31. The summed E-state index contributed by atoms with van der Waals surface area (Å²) in [7, 11) is 0. The highest BCUT2D eigenvalue weighted by molar-refractivity contribution is 5.92. The maximum absolute atomic E-state index is 12.0. The van der Waals surface area contributed by atoms with Crippen LogP contribution in [0, 0.1) is 6.92 Å². The number of carbonyl (C=O) groups excluding carboxylic acids is 1. The molecule has 2 atom stereocenters. The van der Waals surface area contributed by atoms with Crippen LogP contribution in [0.2, 0.25) is 0 Å². The topological polar surface area (TPSA) is 81.2 Å². The van der Waals surface area contributed by atoms with Crippen molar-refractivity contribution in [2.24, 2.45) is 5.73 Å². The van der Waals surface area contributed by atoms with Crippen molar-refractivity contribution in [3.05, 3.63) is 17.8 Å². The van der Waals surface area contributed by atoms with Crippen LogP contribution < -0.4 is 11.1 Å². The molecule has 5 heteroatoms. The summed E-state index contributed by atoms with van der Waals surface area (Å²) in [4.78, 5) is 15.9.